The first-order chi connectivity index (χ1) is 11.9. The molecule has 0 spiro atoms. The third-order valence-electron chi connectivity index (χ3n) is 4.00. The first-order valence-electron chi connectivity index (χ1n) is 7.87. The molecule has 0 radical (unpaired) electrons. The van der Waals surface area contributed by atoms with E-state index in [0.29, 0.717) is 29.4 Å². The molecule has 0 saturated carbocycles. The fraction of sp³-hybridized carbons (Fsp3) is 0.294. The molecule has 1 aromatic carbocycles. The summed E-state index contributed by atoms with van der Waals surface area (Å²) in [5.74, 6) is 0.525. The van der Waals surface area contributed by atoms with Gasteiger partial charge in [-0.15, -0.1) is 0 Å². The van der Waals surface area contributed by atoms with E-state index >= 15 is 0 Å². The van der Waals surface area contributed by atoms with Crippen LogP contribution in [0.4, 0.5) is 5.82 Å². The Morgan fingerprint density at radius 3 is 2.80 bits per heavy atom. The highest BCUT2D eigenvalue weighted by Crippen LogP contribution is 2.17. The summed E-state index contributed by atoms with van der Waals surface area (Å²) in [6.45, 7) is 0.324. The van der Waals surface area contributed by atoms with Gasteiger partial charge in [0.15, 0.2) is 9.84 Å². The van der Waals surface area contributed by atoms with Crippen molar-refractivity contribution in [2.24, 2.45) is 0 Å². The van der Waals surface area contributed by atoms with E-state index in [1.165, 1.54) is 6.20 Å². The van der Waals surface area contributed by atoms with Crippen LogP contribution in [0, 0.1) is 0 Å². The molecule has 8 heteroatoms. The summed E-state index contributed by atoms with van der Waals surface area (Å²) < 4.78 is 23.0. The van der Waals surface area contributed by atoms with Crippen LogP contribution in [-0.2, 0) is 16.4 Å². The maximum atomic E-state index is 12.3. The number of carbonyl (C=O) groups excluding carboxylic acids is 1. The number of rotatable bonds is 5. The van der Waals surface area contributed by atoms with Crippen LogP contribution < -0.4 is 10.6 Å². The number of anilines is 1. The molecular formula is C17H18ClN3O3S. The average Bonchev–Trinajstić information content (AvgIpc) is 2.92. The lowest BCUT2D eigenvalue weighted by molar-refractivity contribution is 0.0951. The zero-order chi connectivity index (χ0) is 17.9. The minimum Gasteiger partial charge on any atom is -0.366 e. The van der Waals surface area contributed by atoms with Gasteiger partial charge in [-0.05, 0) is 30.2 Å². The molecular weight excluding hydrogens is 362 g/mol. The van der Waals surface area contributed by atoms with Crippen LogP contribution in [0.25, 0.3) is 0 Å². The fourth-order valence-electron chi connectivity index (χ4n) is 2.69. The molecule has 6 nitrogen and oxygen atoms in total. The van der Waals surface area contributed by atoms with Crippen LogP contribution in [0.2, 0.25) is 5.02 Å². The molecule has 0 aliphatic carbocycles. The number of carbonyl (C=O) groups is 1. The van der Waals surface area contributed by atoms with E-state index in [1.807, 2.05) is 18.2 Å². The van der Waals surface area contributed by atoms with Gasteiger partial charge in [0.1, 0.15) is 5.82 Å². The number of benzene rings is 1. The fourth-order valence-corrected chi connectivity index (χ4v) is 4.56. The van der Waals surface area contributed by atoms with Gasteiger partial charge in [0.05, 0.1) is 11.5 Å². The maximum absolute atomic E-state index is 12.3. The Hall–Kier alpha value is -2.12. The van der Waals surface area contributed by atoms with Crippen LogP contribution in [0.1, 0.15) is 22.3 Å². The molecule has 2 heterocycles. The van der Waals surface area contributed by atoms with E-state index in [2.05, 4.69) is 15.6 Å². The van der Waals surface area contributed by atoms with Gasteiger partial charge in [-0.2, -0.15) is 0 Å². The van der Waals surface area contributed by atoms with Gasteiger partial charge in [0, 0.05) is 29.4 Å². The highest BCUT2D eigenvalue weighted by Gasteiger charge is 2.28. The smallest absolute Gasteiger partial charge is 0.251 e. The van der Waals surface area contributed by atoms with Crippen molar-refractivity contribution in [1.29, 1.82) is 0 Å². The highest BCUT2D eigenvalue weighted by atomic mass is 35.5. The van der Waals surface area contributed by atoms with Gasteiger partial charge < -0.3 is 10.6 Å². The summed E-state index contributed by atoms with van der Waals surface area (Å²) >= 11 is 6.08. The lowest BCUT2D eigenvalue weighted by Gasteiger charge is -2.12. The number of halogens is 1. The Kier molecular flexibility index (Phi) is 5.24. The Morgan fingerprint density at radius 1 is 1.28 bits per heavy atom. The van der Waals surface area contributed by atoms with E-state index in [-0.39, 0.29) is 23.5 Å². The zero-order valence-corrected chi connectivity index (χ0v) is 15.0. The maximum Gasteiger partial charge on any atom is 0.251 e. The van der Waals surface area contributed by atoms with Crippen LogP contribution >= 0.6 is 11.6 Å². The molecule has 2 N–H and O–H groups in total. The molecule has 1 saturated heterocycles. The predicted octanol–water partition coefficient (Wildman–Crippen LogP) is 2.26. The van der Waals surface area contributed by atoms with Gasteiger partial charge in [-0.25, -0.2) is 13.4 Å². The van der Waals surface area contributed by atoms with Crippen LogP contribution in [0.5, 0.6) is 0 Å². The second-order valence-corrected chi connectivity index (χ2v) is 8.58. The van der Waals surface area contributed by atoms with E-state index < -0.39 is 9.84 Å². The number of hydrogen-bond acceptors (Lipinski definition) is 5. The zero-order valence-electron chi connectivity index (χ0n) is 13.4. The average molecular weight is 380 g/mol. The Balaban J connectivity index is 1.63. The molecule has 1 aliphatic rings. The molecule has 1 atom stereocenters. The summed E-state index contributed by atoms with van der Waals surface area (Å²) in [5, 5.41) is 6.50. The van der Waals surface area contributed by atoms with Gasteiger partial charge >= 0.3 is 0 Å². The van der Waals surface area contributed by atoms with Crippen LogP contribution in [-0.4, -0.2) is 36.9 Å². The van der Waals surface area contributed by atoms with Crippen molar-refractivity contribution in [2.45, 2.75) is 19.0 Å². The van der Waals surface area contributed by atoms with Crippen molar-refractivity contribution in [1.82, 2.24) is 10.3 Å². The number of pyridine rings is 1. The molecule has 132 valence electrons. The standard InChI is InChI=1S/C17H18ClN3O3S/c18-15-4-2-1-3-13(15)10-20-17(22)12-5-7-19-16(9-12)21-14-6-8-25(23,24)11-14/h1-5,7,9,14H,6,8,10-11H2,(H,19,21)(H,20,22). The molecule has 2 aromatic rings. The van der Waals surface area contributed by atoms with Crippen LogP contribution in [0.3, 0.4) is 0 Å². The highest BCUT2D eigenvalue weighted by molar-refractivity contribution is 7.91. The third kappa shape index (κ3) is 4.70. The normalized spacial score (nSPS) is 18.7. The summed E-state index contributed by atoms with van der Waals surface area (Å²) in [7, 11) is -2.97. The lowest BCUT2D eigenvalue weighted by atomic mass is 10.2. The SMILES string of the molecule is O=C(NCc1ccccc1Cl)c1ccnc(NC2CCS(=O)(=O)C2)c1. The van der Waals surface area contributed by atoms with Crippen LogP contribution in [0.15, 0.2) is 42.6 Å². The van der Waals surface area contributed by atoms with E-state index in [0.717, 1.165) is 5.56 Å². The van der Waals surface area contributed by atoms with Crippen molar-refractivity contribution in [2.75, 3.05) is 16.8 Å². The van der Waals surface area contributed by atoms with Crippen molar-refractivity contribution in [3.63, 3.8) is 0 Å². The van der Waals surface area contributed by atoms with Gasteiger partial charge in [-0.3, -0.25) is 4.79 Å². The first kappa shape index (κ1) is 17.7. The molecule has 1 fully saturated rings. The minimum atomic E-state index is -2.97. The Labute approximate surface area is 151 Å². The Morgan fingerprint density at radius 2 is 2.08 bits per heavy atom. The van der Waals surface area contributed by atoms with Crippen molar-refractivity contribution in [3.05, 3.63) is 58.7 Å². The monoisotopic (exact) mass is 379 g/mol. The summed E-state index contributed by atoms with van der Waals surface area (Å²) in [6, 6.07) is 10.4. The van der Waals surface area contributed by atoms with Crippen molar-refractivity contribution >= 4 is 33.2 Å². The van der Waals surface area contributed by atoms with Gasteiger partial charge in [0.2, 0.25) is 0 Å². The van der Waals surface area contributed by atoms with E-state index in [1.54, 1.807) is 18.2 Å². The predicted molar refractivity (Wildman–Crippen MR) is 97.5 cm³/mol. The largest absolute Gasteiger partial charge is 0.366 e. The molecule has 3 rings (SSSR count). The van der Waals surface area contributed by atoms with E-state index in [4.69, 9.17) is 11.6 Å². The third-order valence-corrected chi connectivity index (χ3v) is 6.14. The molecule has 25 heavy (non-hydrogen) atoms. The number of nitrogens with zero attached hydrogens (tertiary/aromatic N) is 1. The van der Waals surface area contributed by atoms with Crippen molar-refractivity contribution in [3.8, 4) is 0 Å². The summed E-state index contributed by atoms with van der Waals surface area (Å²) in [6.07, 6.45) is 2.07. The molecule has 1 aliphatic heterocycles. The Bertz CT molecular complexity index is 886. The summed E-state index contributed by atoms with van der Waals surface area (Å²) in [4.78, 5) is 16.5. The van der Waals surface area contributed by atoms with Gasteiger partial charge in [0.25, 0.3) is 5.91 Å². The van der Waals surface area contributed by atoms with E-state index in [9.17, 15) is 13.2 Å². The summed E-state index contributed by atoms with van der Waals surface area (Å²) in [5.41, 5.74) is 1.28. The first-order valence-corrected chi connectivity index (χ1v) is 10.1. The minimum absolute atomic E-state index is 0.0949. The quantitative estimate of drug-likeness (QED) is 0.831. The lowest BCUT2D eigenvalue weighted by Crippen LogP contribution is -2.24. The topological polar surface area (TPSA) is 88.2 Å². The molecule has 0 bridgehead atoms. The second kappa shape index (κ2) is 7.41. The molecule has 1 aromatic heterocycles. The second-order valence-electron chi connectivity index (χ2n) is 5.95. The number of aromatic nitrogens is 1. The van der Waals surface area contributed by atoms with Gasteiger partial charge in [-0.1, -0.05) is 29.8 Å². The number of sulfone groups is 1. The number of nitrogens with one attached hydrogen (secondary N) is 2. The van der Waals surface area contributed by atoms with Crippen molar-refractivity contribution < 1.29 is 13.2 Å². The number of amides is 1. The molecule has 1 unspecified atom stereocenters. The number of hydrogen-bond donors (Lipinski definition) is 2. The molecule has 1 amide bonds.